The van der Waals surface area contributed by atoms with Gasteiger partial charge in [0.1, 0.15) is 0 Å². The van der Waals surface area contributed by atoms with E-state index in [2.05, 4.69) is 4.72 Å². The number of carbonyl (C=O) groups is 2. The summed E-state index contributed by atoms with van der Waals surface area (Å²) in [4.78, 5) is 21.8. The minimum atomic E-state index is -3.83. The van der Waals surface area contributed by atoms with Gasteiger partial charge in [-0.05, 0) is 48.4 Å². The summed E-state index contributed by atoms with van der Waals surface area (Å²) in [5, 5.41) is 8.72. The van der Waals surface area contributed by atoms with E-state index in [-0.39, 0.29) is 16.9 Å². The van der Waals surface area contributed by atoms with Crippen LogP contribution in [-0.4, -0.2) is 25.4 Å². The smallest absolute Gasteiger partial charge is 0.307 e. The Morgan fingerprint density at radius 1 is 1.12 bits per heavy atom. The van der Waals surface area contributed by atoms with Gasteiger partial charge in [-0.25, -0.2) is 8.42 Å². The fourth-order valence-electron chi connectivity index (χ4n) is 2.10. The van der Waals surface area contributed by atoms with Crippen molar-refractivity contribution in [3.8, 4) is 0 Å². The molecule has 0 spiro atoms. The molecule has 0 bridgehead atoms. The van der Waals surface area contributed by atoms with E-state index >= 15 is 0 Å². The molecule has 8 heteroatoms. The molecule has 0 aromatic heterocycles. The van der Waals surface area contributed by atoms with Crippen LogP contribution >= 0.6 is 0 Å². The summed E-state index contributed by atoms with van der Waals surface area (Å²) in [6.07, 6.45) is -0.179. The largest absolute Gasteiger partial charge is 0.481 e. The third kappa shape index (κ3) is 4.11. The number of carboxylic acids is 1. The number of anilines is 1. The van der Waals surface area contributed by atoms with Crippen LogP contribution in [0.3, 0.4) is 0 Å². The van der Waals surface area contributed by atoms with E-state index in [1.165, 1.54) is 42.5 Å². The number of carboxylic acid groups (broad SMARTS) is 1. The van der Waals surface area contributed by atoms with E-state index in [0.29, 0.717) is 16.8 Å². The molecular weight excluding hydrogens is 332 g/mol. The van der Waals surface area contributed by atoms with Gasteiger partial charge in [-0.1, -0.05) is 12.1 Å². The van der Waals surface area contributed by atoms with Crippen LogP contribution in [-0.2, 0) is 21.2 Å². The molecule has 0 radical (unpaired) electrons. The Balaban J connectivity index is 2.25. The van der Waals surface area contributed by atoms with Crippen LogP contribution < -0.4 is 10.5 Å². The molecule has 1 amide bonds. The zero-order valence-corrected chi connectivity index (χ0v) is 13.6. The maximum atomic E-state index is 12.4. The zero-order valence-electron chi connectivity index (χ0n) is 12.8. The van der Waals surface area contributed by atoms with E-state index in [0.717, 1.165) is 0 Å². The Kier molecular flexibility index (Phi) is 4.89. The predicted molar refractivity (Wildman–Crippen MR) is 88.3 cm³/mol. The van der Waals surface area contributed by atoms with E-state index in [1.54, 1.807) is 6.92 Å². The molecule has 4 N–H and O–H groups in total. The Labute approximate surface area is 139 Å². The number of amides is 1. The lowest BCUT2D eigenvalue weighted by Gasteiger charge is -2.11. The standard InChI is InChI=1S/C16H16N2O5S/c1-10-8-12(16(17)21)4-7-14(10)18-24(22,23)13-5-2-11(3-6-13)9-15(19)20/h2-8,18H,9H2,1H3,(H2,17,21)(H,19,20). The van der Waals surface area contributed by atoms with Gasteiger partial charge >= 0.3 is 5.97 Å². The van der Waals surface area contributed by atoms with Gasteiger partial charge in [0.05, 0.1) is 17.0 Å². The molecule has 0 fully saturated rings. The fourth-order valence-corrected chi connectivity index (χ4v) is 3.23. The average Bonchev–Trinajstić information content (AvgIpc) is 2.49. The first kappa shape index (κ1) is 17.5. The highest BCUT2D eigenvalue weighted by atomic mass is 32.2. The highest BCUT2D eigenvalue weighted by Crippen LogP contribution is 2.21. The molecule has 2 aromatic carbocycles. The van der Waals surface area contributed by atoms with Crippen molar-refractivity contribution < 1.29 is 23.1 Å². The Morgan fingerprint density at radius 2 is 1.75 bits per heavy atom. The lowest BCUT2D eigenvalue weighted by Crippen LogP contribution is -2.15. The number of rotatable bonds is 6. The molecule has 0 heterocycles. The van der Waals surface area contributed by atoms with Gasteiger partial charge in [0.25, 0.3) is 10.0 Å². The first-order chi connectivity index (χ1) is 11.2. The van der Waals surface area contributed by atoms with Crippen molar-refractivity contribution in [1.29, 1.82) is 0 Å². The molecule has 0 aliphatic carbocycles. The monoisotopic (exact) mass is 348 g/mol. The SMILES string of the molecule is Cc1cc(C(N)=O)ccc1NS(=O)(=O)c1ccc(CC(=O)O)cc1. The summed E-state index contributed by atoms with van der Waals surface area (Å²) in [5.41, 5.74) is 6.85. The Morgan fingerprint density at radius 3 is 2.25 bits per heavy atom. The first-order valence-electron chi connectivity index (χ1n) is 6.93. The van der Waals surface area contributed by atoms with Crippen molar-refractivity contribution >= 4 is 27.6 Å². The van der Waals surface area contributed by atoms with E-state index < -0.39 is 21.9 Å². The molecule has 24 heavy (non-hydrogen) atoms. The van der Waals surface area contributed by atoms with E-state index in [9.17, 15) is 18.0 Å². The number of hydrogen-bond acceptors (Lipinski definition) is 4. The molecule has 0 saturated carbocycles. The topological polar surface area (TPSA) is 127 Å². The van der Waals surface area contributed by atoms with Crippen molar-refractivity contribution in [2.24, 2.45) is 5.73 Å². The minimum Gasteiger partial charge on any atom is -0.481 e. The Bertz CT molecular complexity index is 889. The fraction of sp³-hybridized carbons (Fsp3) is 0.125. The second kappa shape index (κ2) is 6.71. The number of nitrogens with one attached hydrogen (secondary N) is 1. The number of benzene rings is 2. The van der Waals surface area contributed by atoms with Crippen LogP contribution in [0.4, 0.5) is 5.69 Å². The van der Waals surface area contributed by atoms with Crippen LogP contribution in [0.2, 0.25) is 0 Å². The highest BCUT2D eigenvalue weighted by Gasteiger charge is 2.16. The molecule has 0 atom stereocenters. The second-order valence-corrected chi connectivity index (χ2v) is 6.90. The third-order valence-corrected chi connectivity index (χ3v) is 4.73. The maximum absolute atomic E-state index is 12.4. The molecular formula is C16H16N2O5S. The van der Waals surface area contributed by atoms with Gasteiger partial charge in [-0.2, -0.15) is 0 Å². The molecule has 0 unspecified atom stereocenters. The summed E-state index contributed by atoms with van der Waals surface area (Å²) in [7, 11) is -3.83. The van der Waals surface area contributed by atoms with Crippen LogP contribution in [0.15, 0.2) is 47.4 Å². The second-order valence-electron chi connectivity index (χ2n) is 5.21. The van der Waals surface area contributed by atoms with Gasteiger partial charge in [0.2, 0.25) is 5.91 Å². The molecule has 0 aliphatic heterocycles. The summed E-state index contributed by atoms with van der Waals surface area (Å²) < 4.78 is 27.2. The third-order valence-electron chi connectivity index (χ3n) is 3.34. The number of aliphatic carboxylic acids is 1. The van der Waals surface area contributed by atoms with Crippen LogP contribution in [0.1, 0.15) is 21.5 Å². The summed E-state index contributed by atoms with van der Waals surface area (Å²) >= 11 is 0. The summed E-state index contributed by atoms with van der Waals surface area (Å²) in [5.74, 6) is -1.59. The number of primary amides is 1. The van der Waals surface area contributed by atoms with Crippen LogP contribution in [0, 0.1) is 6.92 Å². The zero-order chi connectivity index (χ0) is 17.9. The van der Waals surface area contributed by atoms with Gasteiger partial charge in [0.15, 0.2) is 0 Å². The number of carbonyl (C=O) groups excluding carboxylic acids is 1. The Hall–Kier alpha value is -2.87. The molecule has 0 saturated heterocycles. The molecule has 0 aliphatic rings. The first-order valence-corrected chi connectivity index (χ1v) is 8.41. The summed E-state index contributed by atoms with van der Waals surface area (Å²) in [6, 6.07) is 9.98. The van der Waals surface area contributed by atoms with Crippen molar-refractivity contribution in [1.82, 2.24) is 0 Å². The van der Waals surface area contributed by atoms with Crippen molar-refractivity contribution in [2.45, 2.75) is 18.2 Å². The predicted octanol–water partition coefficient (Wildman–Crippen LogP) is 1.52. The normalized spacial score (nSPS) is 11.0. The molecule has 126 valence electrons. The van der Waals surface area contributed by atoms with Crippen molar-refractivity contribution in [3.05, 3.63) is 59.2 Å². The van der Waals surface area contributed by atoms with Gasteiger partial charge in [-0.3, -0.25) is 14.3 Å². The lowest BCUT2D eigenvalue weighted by atomic mass is 10.1. The quantitative estimate of drug-likeness (QED) is 0.729. The summed E-state index contributed by atoms with van der Waals surface area (Å²) in [6.45, 7) is 1.65. The number of aryl methyl sites for hydroxylation is 1. The molecule has 2 rings (SSSR count). The van der Waals surface area contributed by atoms with E-state index in [4.69, 9.17) is 10.8 Å². The van der Waals surface area contributed by atoms with Gasteiger partial charge < -0.3 is 10.8 Å². The highest BCUT2D eigenvalue weighted by molar-refractivity contribution is 7.92. The van der Waals surface area contributed by atoms with Gasteiger partial charge in [-0.15, -0.1) is 0 Å². The van der Waals surface area contributed by atoms with Crippen LogP contribution in [0.25, 0.3) is 0 Å². The number of hydrogen-bond donors (Lipinski definition) is 3. The minimum absolute atomic E-state index is 0.00927. The van der Waals surface area contributed by atoms with Crippen molar-refractivity contribution in [2.75, 3.05) is 4.72 Å². The molecule has 7 nitrogen and oxygen atoms in total. The number of nitrogens with two attached hydrogens (primary N) is 1. The number of sulfonamides is 1. The van der Waals surface area contributed by atoms with Crippen LogP contribution in [0.5, 0.6) is 0 Å². The van der Waals surface area contributed by atoms with Crippen molar-refractivity contribution in [3.63, 3.8) is 0 Å². The average molecular weight is 348 g/mol. The maximum Gasteiger partial charge on any atom is 0.307 e. The molecule has 2 aromatic rings. The van der Waals surface area contributed by atoms with Gasteiger partial charge in [0, 0.05) is 5.56 Å². The lowest BCUT2D eigenvalue weighted by molar-refractivity contribution is -0.136. The van der Waals surface area contributed by atoms with E-state index in [1.807, 2.05) is 0 Å².